The SMILES string of the molecule is CC=CS(=O)(=O)Nc1cccc(-c2c(F)cc(C(N)=O)c3[nH]c4c(c23)CC[C@@H](C(C)(C)O)C4)c1. The Balaban J connectivity index is 1.92. The minimum absolute atomic E-state index is 0.00254. The Bertz CT molecular complexity index is 1420. The number of carbonyl (C=O) groups is 1. The van der Waals surface area contributed by atoms with Gasteiger partial charge in [-0.15, -0.1) is 0 Å². The number of benzene rings is 2. The largest absolute Gasteiger partial charge is 0.390 e. The molecular formula is C25H28FN3O4S. The number of carbonyl (C=O) groups excluding carboxylic acids is 1. The zero-order valence-corrected chi connectivity index (χ0v) is 20.1. The van der Waals surface area contributed by atoms with E-state index in [2.05, 4.69) is 9.71 Å². The molecule has 2 aromatic carbocycles. The zero-order valence-electron chi connectivity index (χ0n) is 19.3. The number of nitrogens with one attached hydrogen (secondary N) is 2. The van der Waals surface area contributed by atoms with Gasteiger partial charge < -0.3 is 15.8 Å². The average Bonchev–Trinajstić information content (AvgIpc) is 3.10. The van der Waals surface area contributed by atoms with Crippen molar-refractivity contribution in [2.45, 2.75) is 45.6 Å². The number of allylic oxidation sites excluding steroid dienone is 1. The van der Waals surface area contributed by atoms with Gasteiger partial charge in [-0.25, -0.2) is 12.8 Å². The zero-order chi connectivity index (χ0) is 24.8. The van der Waals surface area contributed by atoms with Gasteiger partial charge in [-0.1, -0.05) is 18.2 Å². The van der Waals surface area contributed by atoms with Crippen LogP contribution in [0.2, 0.25) is 0 Å². The van der Waals surface area contributed by atoms with E-state index in [-0.39, 0.29) is 22.7 Å². The molecule has 1 aliphatic rings. The van der Waals surface area contributed by atoms with Crippen LogP contribution in [0, 0.1) is 11.7 Å². The number of nitrogens with two attached hydrogens (primary N) is 1. The molecule has 0 aliphatic heterocycles. The number of halogens is 1. The van der Waals surface area contributed by atoms with E-state index in [0.29, 0.717) is 35.7 Å². The molecule has 0 saturated carbocycles. The number of H-pyrrole nitrogens is 1. The predicted molar refractivity (Wildman–Crippen MR) is 131 cm³/mol. The molecule has 4 rings (SSSR count). The normalized spacial score (nSPS) is 16.7. The van der Waals surface area contributed by atoms with Crippen LogP contribution in [0.5, 0.6) is 0 Å². The second kappa shape index (κ2) is 8.56. The third kappa shape index (κ3) is 4.45. The van der Waals surface area contributed by atoms with Crippen LogP contribution < -0.4 is 10.5 Å². The first-order valence-electron chi connectivity index (χ1n) is 11.1. The lowest BCUT2D eigenvalue weighted by Gasteiger charge is -2.32. The highest BCUT2D eigenvalue weighted by Crippen LogP contribution is 2.42. The number of fused-ring (bicyclic) bond motifs is 3. The van der Waals surface area contributed by atoms with E-state index >= 15 is 4.39 Å². The third-order valence-electron chi connectivity index (χ3n) is 6.41. The van der Waals surface area contributed by atoms with Gasteiger partial charge in [0.2, 0.25) is 0 Å². The number of primary amides is 1. The molecule has 0 spiro atoms. The standard InChI is InChI=1S/C25H28FN3O4S/c1-4-10-34(32,33)29-16-7-5-6-14(11-16)21-19(26)13-18(24(27)30)23-22(21)17-9-8-15(25(2,3)31)12-20(17)28-23/h4-7,10-11,13,15,28-29,31H,8-9,12H2,1-3H3,(H2,27,30)/t15-/m1/s1. The molecule has 9 heteroatoms. The van der Waals surface area contributed by atoms with E-state index in [1.807, 2.05) is 0 Å². The van der Waals surface area contributed by atoms with Gasteiger partial charge >= 0.3 is 0 Å². The number of aromatic nitrogens is 1. The number of rotatable bonds is 6. The van der Waals surface area contributed by atoms with Crippen LogP contribution >= 0.6 is 0 Å². The Morgan fingerprint density at radius 3 is 2.71 bits per heavy atom. The van der Waals surface area contributed by atoms with Gasteiger partial charge in [0.1, 0.15) is 5.82 Å². The molecule has 0 bridgehead atoms. The van der Waals surface area contributed by atoms with E-state index in [0.717, 1.165) is 22.7 Å². The quantitative estimate of drug-likeness (QED) is 0.417. The average molecular weight is 486 g/mol. The molecule has 1 heterocycles. The molecule has 1 amide bonds. The van der Waals surface area contributed by atoms with Crippen LogP contribution in [0.25, 0.3) is 22.0 Å². The first-order chi connectivity index (χ1) is 15.9. The number of sulfonamides is 1. The number of aryl methyl sites for hydroxylation is 1. The van der Waals surface area contributed by atoms with Crippen LogP contribution in [-0.4, -0.2) is 30.0 Å². The van der Waals surface area contributed by atoms with Crippen molar-refractivity contribution in [3.8, 4) is 11.1 Å². The summed E-state index contributed by atoms with van der Waals surface area (Å²) in [7, 11) is -3.69. The minimum Gasteiger partial charge on any atom is -0.390 e. The molecule has 5 N–H and O–H groups in total. The fourth-order valence-electron chi connectivity index (χ4n) is 4.77. The van der Waals surface area contributed by atoms with Crippen LogP contribution in [-0.2, 0) is 22.9 Å². The minimum atomic E-state index is -3.69. The van der Waals surface area contributed by atoms with Crippen molar-refractivity contribution in [3.63, 3.8) is 0 Å². The maximum atomic E-state index is 15.5. The van der Waals surface area contributed by atoms with Gasteiger partial charge in [0.25, 0.3) is 15.9 Å². The Kier molecular flexibility index (Phi) is 6.03. The smallest absolute Gasteiger partial charge is 0.254 e. The highest BCUT2D eigenvalue weighted by atomic mass is 32.2. The highest BCUT2D eigenvalue weighted by Gasteiger charge is 2.34. The summed E-state index contributed by atoms with van der Waals surface area (Å²) in [5, 5.41) is 12.1. The fourth-order valence-corrected chi connectivity index (χ4v) is 5.65. The number of hydrogen-bond donors (Lipinski definition) is 4. The first kappa shape index (κ1) is 24.0. The van der Waals surface area contributed by atoms with Crippen molar-refractivity contribution >= 4 is 32.5 Å². The first-order valence-corrected chi connectivity index (χ1v) is 12.6. The van der Waals surface area contributed by atoms with E-state index in [9.17, 15) is 18.3 Å². The molecular weight excluding hydrogens is 457 g/mol. The van der Waals surface area contributed by atoms with Crippen molar-refractivity contribution in [1.29, 1.82) is 0 Å². The second-order valence-corrected chi connectivity index (χ2v) is 10.8. The van der Waals surface area contributed by atoms with Crippen molar-refractivity contribution in [1.82, 2.24) is 4.98 Å². The predicted octanol–water partition coefficient (Wildman–Crippen LogP) is 4.22. The van der Waals surface area contributed by atoms with Crippen molar-refractivity contribution in [2.24, 2.45) is 11.7 Å². The van der Waals surface area contributed by atoms with Crippen molar-refractivity contribution in [3.05, 3.63) is 64.5 Å². The topological polar surface area (TPSA) is 125 Å². The maximum absolute atomic E-state index is 15.5. The second-order valence-electron chi connectivity index (χ2n) is 9.27. The lowest BCUT2D eigenvalue weighted by molar-refractivity contribution is 0.0107. The lowest BCUT2D eigenvalue weighted by atomic mass is 9.77. The summed E-state index contributed by atoms with van der Waals surface area (Å²) in [5.74, 6) is -1.37. The van der Waals surface area contributed by atoms with E-state index in [1.54, 1.807) is 45.0 Å². The number of aromatic amines is 1. The molecule has 34 heavy (non-hydrogen) atoms. The highest BCUT2D eigenvalue weighted by molar-refractivity contribution is 7.95. The molecule has 180 valence electrons. The van der Waals surface area contributed by atoms with Gasteiger partial charge in [0, 0.05) is 27.7 Å². The summed E-state index contributed by atoms with van der Waals surface area (Å²) >= 11 is 0. The van der Waals surface area contributed by atoms with Crippen molar-refractivity contribution in [2.75, 3.05) is 4.72 Å². The van der Waals surface area contributed by atoms with Gasteiger partial charge in [-0.2, -0.15) is 0 Å². The van der Waals surface area contributed by atoms with Crippen molar-refractivity contribution < 1.29 is 22.7 Å². The van der Waals surface area contributed by atoms with Gasteiger partial charge in [0.05, 0.1) is 16.7 Å². The molecule has 1 aliphatic carbocycles. The van der Waals surface area contributed by atoms with Crippen LogP contribution in [0.15, 0.2) is 41.8 Å². The third-order valence-corrected chi connectivity index (χ3v) is 7.56. The molecule has 0 unspecified atom stereocenters. The Morgan fingerprint density at radius 1 is 1.32 bits per heavy atom. The summed E-state index contributed by atoms with van der Waals surface area (Å²) < 4.78 is 42.3. The molecule has 0 saturated heterocycles. The Labute approximate surface area is 197 Å². The van der Waals surface area contributed by atoms with Crippen LogP contribution in [0.4, 0.5) is 10.1 Å². The maximum Gasteiger partial charge on any atom is 0.254 e. The molecule has 0 fully saturated rings. The summed E-state index contributed by atoms with van der Waals surface area (Å²) in [6.07, 6.45) is 3.25. The van der Waals surface area contributed by atoms with Gasteiger partial charge in [-0.05, 0) is 75.3 Å². The number of amides is 1. The molecule has 7 nitrogen and oxygen atoms in total. The number of aliphatic hydroxyl groups is 1. The van der Waals surface area contributed by atoms with E-state index < -0.39 is 27.3 Å². The van der Waals surface area contributed by atoms with E-state index in [1.165, 1.54) is 6.08 Å². The van der Waals surface area contributed by atoms with Gasteiger partial charge in [0.15, 0.2) is 0 Å². The van der Waals surface area contributed by atoms with E-state index in [4.69, 9.17) is 5.73 Å². The summed E-state index contributed by atoms with van der Waals surface area (Å²) in [4.78, 5) is 15.4. The number of anilines is 1. The Hall–Kier alpha value is -3.17. The molecule has 1 atom stereocenters. The summed E-state index contributed by atoms with van der Waals surface area (Å²) in [6.45, 7) is 5.14. The number of hydrogen-bond acceptors (Lipinski definition) is 4. The van der Waals surface area contributed by atoms with Gasteiger partial charge in [-0.3, -0.25) is 9.52 Å². The molecule has 1 aromatic heterocycles. The van der Waals surface area contributed by atoms with Crippen LogP contribution in [0.1, 0.15) is 48.8 Å². The monoisotopic (exact) mass is 485 g/mol. The summed E-state index contributed by atoms with van der Waals surface area (Å²) in [6, 6.07) is 7.59. The molecule has 0 radical (unpaired) electrons. The fraction of sp³-hybridized carbons (Fsp3) is 0.320. The lowest BCUT2D eigenvalue weighted by Crippen LogP contribution is -2.34. The Morgan fingerprint density at radius 2 is 2.06 bits per heavy atom. The summed E-state index contributed by atoms with van der Waals surface area (Å²) in [5.41, 5.74) is 7.93. The van der Waals surface area contributed by atoms with Crippen LogP contribution in [0.3, 0.4) is 0 Å². The molecule has 3 aromatic rings.